The first-order valence-corrected chi connectivity index (χ1v) is 13.7. The van der Waals surface area contributed by atoms with E-state index in [1.165, 1.54) is 41.7 Å². The fraction of sp³-hybridized carbons (Fsp3) is 0.200. The highest BCUT2D eigenvalue weighted by Gasteiger charge is 2.18. The molecule has 1 N–H and O–H groups in total. The standard InChI is InChI=1S/C25H24ClN3O6S2/c1-33-14-13-29-22-20(34-2)11-12-21(35-3)23(22)36-25(29)27-24(30)16-5-4-6-18(15-16)28-37(31,32)19-9-7-17(26)8-10-19/h4-12,15,28H,13-14H2,1-3H3. The number of amides is 1. The van der Waals surface area contributed by atoms with E-state index in [2.05, 4.69) is 9.71 Å². The van der Waals surface area contributed by atoms with E-state index in [0.29, 0.717) is 34.5 Å². The number of nitrogens with zero attached hydrogens (tertiary/aromatic N) is 2. The van der Waals surface area contributed by atoms with Gasteiger partial charge in [0.2, 0.25) is 0 Å². The van der Waals surface area contributed by atoms with Crippen molar-refractivity contribution in [2.75, 3.05) is 32.7 Å². The van der Waals surface area contributed by atoms with E-state index in [9.17, 15) is 13.2 Å². The second kappa shape index (κ2) is 11.3. The number of thiazole rings is 1. The largest absolute Gasteiger partial charge is 0.495 e. The average molecular weight is 562 g/mol. The van der Waals surface area contributed by atoms with Gasteiger partial charge in [-0.15, -0.1) is 0 Å². The minimum absolute atomic E-state index is 0.0469. The fourth-order valence-corrected chi connectivity index (χ4v) is 5.96. The molecule has 0 saturated carbocycles. The lowest BCUT2D eigenvalue weighted by atomic mass is 10.2. The number of fused-ring (bicyclic) bond motifs is 1. The van der Waals surface area contributed by atoms with E-state index in [1.807, 2.05) is 4.57 Å². The first-order chi connectivity index (χ1) is 17.8. The van der Waals surface area contributed by atoms with Crippen LogP contribution in [0.5, 0.6) is 11.5 Å². The first-order valence-electron chi connectivity index (χ1n) is 11.0. The summed E-state index contributed by atoms with van der Waals surface area (Å²) in [7, 11) is 0.849. The maximum absolute atomic E-state index is 13.2. The van der Waals surface area contributed by atoms with E-state index in [1.54, 1.807) is 51.7 Å². The number of nitrogens with one attached hydrogen (secondary N) is 1. The molecule has 0 atom stereocenters. The SMILES string of the molecule is COCCn1c(=NC(=O)c2cccc(NS(=O)(=O)c3ccc(Cl)cc3)c2)sc2c(OC)ccc(OC)c21. The number of sulfonamides is 1. The Kier molecular flexibility index (Phi) is 8.18. The summed E-state index contributed by atoms with van der Waals surface area (Å²) in [4.78, 5) is 18.0. The van der Waals surface area contributed by atoms with E-state index in [-0.39, 0.29) is 16.1 Å². The van der Waals surface area contributed by atoms with Crippen molar-refractivity contribution in [3.8, 4) is 11.5 Å². The zero-order valence-corrected chi connectivity index (χ0v) is 22.6. The van der Waals surface area contributed by atoms with Gasteiger partial charge in [0.1, 0.15) is 21.7 Å². The third-order valence-corrected chi connectivity index (χ3v) is 8.14. The Morgan fingerprint density at radius 1 is 1.03 bits per heavy atom. The molecule has 0 aliphatic carbocycles. The average Bonchev–Trinajstić information content (AvgIpc) is 3.24. The minimum atomic E-state index is -3.88. The number of methoxy groups -OCH3 is 3. The van der Waals surface area contributed by atoms with Crippen LogP contribution in [0.2, 0.25) is 5.02 Å². The van der Waals surface area contributed by atoms with Crippen LogP contribution in [0.1, 0.15) is 10.4 Å². The lowest BCUT2D eigenvalue weighted by molar-refractivity contribution is 0.0997. The number of carbonyl (C=O) groups excluding carboxylic acids is 1. The van der Waals surface area contributed by atoms with Gasteiger partial charge in [-0.05, 0) is 54.6 Å². The van der Waals surface area contributed by atoms with Crippen molar-refractivity contribution in [1.29, 1.82) is 0 Å². The van der Waals surface area contributed by atoms with Crippen LogP contribution in [0.15, 0.2) is 70.6 Å². The molecule has 0 radical (unpaired) electrons. The molecule has 0 aliphatic heterocycles. The second-order valence-electron chi connectivity index (χ2n) is 7.73. The van der Waals surface area contributed by atoms with Crippen molar-refractivity contribution in [1.82, 2.24) is 4.57 Å². The number of halogens is 1. The van der Waals surface area contributed by atoms with E-state index >= 15 is 0 Å². The zero-order valence-electron chi connectivity index (χ0n) is 20.2. The third kappa shape index (κ3) is 5.80. The lowest BCUT2D eigenvalue weighted by Crippen LogP contribution is -2.19. The molecule has 37 heavy (non-hydrogen) atoms. The number of carbonyl (C=O) groups is 1. The number of hydrogen-bond donors (Lipinski definition) is 1. The maximum Gasteiger partial charge on any atom is 0.279 e. The van der Waals surface area contributed by atoms with Crippen LogP contribution in [-0.2, 0) is 21.3 Å². The van der Waals surface area contributed by atoms with Crippen LogP contribution >= 0.6 is 22.9 Å². The van der Waals surface area contributed by atoms with Gasteiger partial charge in [-0.3, -0.25) is 9.52 Å². The van der Waals surface area contributed by atoms with Crippen molar-refractivity contribution in [2.45, 2.75) is 11.4 Å². The van der Waals surface area contributed by atoms with Crippen molar-refractivity contribution >= 4 is 54.8 Å². The fourth-order valence-electron chi connectivity index (χ4n) is 3.62. The molecule has 194 valence electrons. The summed E-state index contributed by atoms with van der Waals surface area (Å²) < 4.78 is 46.9. The van der Waals surface area contributed by atoms with Crippen LogP contribution in [0, 0.1) is 0 Å². The Hall–Kier alpha value is -3.38. The minimum Gasteiger partial charge on any atom is -0.495 e. The smallest absolute Gasteiger partial charge is 0.279 e. The number of hydrogen-bond acceptors (Lipinski definition) is 7. The molecular formula is C25H24ClN3O6S2. The van der Waals surface area contributed by atoms with Gasteiger partial charge < -0.3 is 18.8 Å². The molecule has 1 amide bonds. The zero-order chi connectivity index (χ0) is 26.6. The monoisotopic (exact) mass is 561 g/mol. The highest BCUT2D eigenvalue weighted by Crippen LogP contribution is 2.35. The van der Waals surface area contributed by atoms with Crippen LogP contribution < -0.4 is 19.0 Å². The molecule has 0 bridgehead atoms. The third-order valence-electron chi connectivity index (χ3n) is 5.39. The van der Waals surface area contributed by atoms with Crippen molar-refractivity contribution < 1.29 is 27.4 Å². The summed E-state index contributed by atoms with van der Waals surface area (Å²) in [5, 5.41) is 0.423. The Morgan fingerprint density at radius 3 is 2.41 bits per heavy atom. The van der Waals surface area contributed by atoms with Crippen LogP contribution in [0.4, 0.5) is 5.69 Å². The number of ether oxygens (including phenoxy) is 3. The number of rotatable bonds is 9. The number of benzene rings is 3. The van der Waals surface area contributed by atoms with E-state index in [4.69, 9.17) is 25.8 Å². The molecule has 12 heteroatoms. The van der Waals surface area contributed by atoms with Crippen LogP contribution in [-0.4, -0.2) is 46.8 Å². The Labute approximate surface area is 222 Å². The van der Waals surface area contributed by atoms with Crippen LogP contribution in [0.3, 0.4) is 0 Å². The Morgan fingerprint density at radius 2 is 1.73 bits per heavy atom. The van der Waals surface area contributed by atoms with E-state index in [0.717, 1.165) is 10.2 Å². The highest BCUT2D eigenvalue weighted by atomic mass is 35.5. The topological polar surface area (TPSA) is 108 Å². The predicted octanol–water partition coefficient (Wildman–Crippen LogP) is 4.56. The molecule has 0 saturated heterocycles. The van der Waals surface area contributed by atoms with E-state index < -0.39 is 15.9 Å². The van der Waals surface area contributed by atoms with Crippen molar-refractivity contribution in [3.63, 3.8) is 0 Å². The van der Waals surface area contributed by atoms with Gasteiger partial charge in [-0.2, -0.15) is 4.99 Å². The van der Waals surface area contributed by atoms with Gasteiger partial charge in [-0.1, -0.05) is 29.0 Å². The number of aromatic nitrogens is 1. The highest BCUT2D eigenvalue weighted by molar-refractivity contribution is 7.92. The molecular weight excluding hydrogens is 538 g/mol. The summed E-state index contributed by atoms with van der Waals surface area (Å²) in [6, 6.07) is 15.5. The summed E-state index contributed by atoms with van der Waals surface area (Å²) in [6.07, 6.45) is 0. The van der Waals surface area contributed by atoms with Gasteiger partial charge >= 0.3 is 0 Å². The molecule has 1 aromatic heterocycles. The van der Waals surface area contributed by atoms with Gasteiger partial charge in [0.05, 0.1) is 25.7 Å². The number of anilines is 1. The molecule has 4 aromatic rings. The molecule has 4 rings (SSSR count). The van der Waals surface area contributed by atoms with Crippen molar-refractivity contribution in [3.05, 3.63) is 76.1 Å². The van der Waals surface area contributed by atoms with Gasteiger partial charge in [0, 0.05) is 29.9 Å². The summed E-state index contributed by atoms with van der Waals surface area (Å²) >= 11 is 7.14. The summed E-state index contributed by atoms with van der Waals surface area (Å²) in [5.74, 6) is 0.693. The summed E-state index contributed by atoms with van der Waals surface area (Å²) in [6.45, 7) is 0.808. The molecule has 1 heterocycles. The lowest BCUT2D eigenvalue weighted by Gasteiger charge is -2.10. The molecule has 0 fully saturated rings. The Bertz CT molecular complexity index is 1610. The summed E-state index contributed by atoms with van der Waals surface area (Å²) in [5.41, 5.74) is 1.17. The maximum atomic E-state index is 13.2. The Balaban J connectivity index is 1.73. The van der Waals surface area contributed by atoms with Crippen molar-refractivity contribution in [2.24, 2.45) is 4.99 Å². The molecule has 0 spiro atoms. The van der Waals surface area contributed by atoms with Crippen LogP contribution in [0.25, 0.3) is 10.2 Å². The second-order valence-corrected chi connectivity index (χ2v) is 10.8. The van der Waals surface area contributed by atoms with Gasteiger partial charge in [0.25, 0.3) is 15.9 Å². The normalized spacial score (nSPS) is 12.1. The molecule has 0 unspecified atom stereocenters. The van der Waals surface area contributed by atoms with Gasteiger partial charge in [0.15, 0.2) is 4.80 Å². The first kappa shape index (κ1) is 26.7. The molecule has 9 nitrogen and oxygen atoms in total. The molecule has 3 aromatic carbocycles. The quantitative estimate of drug-likeness (QED) is 0.321. The predicted molar refractivity (Wildman–Crippen MR) is 143 cm³/mol. The van der Waals surface area contributed by atoms with Gasteiger partial charge in [-0.25, -0.2) is 8.42 Å². The molecule has 0 aliphatic rings.